The lowest BCUT2D eigenvalue weighted by atomic mass is 10.0. The van der Waals surface area contributed by atoms with Crippen molar-refractivity contribution in [3.8, 4) is 0 Å². The van der Waals surface area contributed by atoms with Crippen LogP contribution in [-0.2, 0) is 0 Å². The molecular formula is C13H22BrN3S. The average molecular weight is 332 g/mol. The monoisotopic (exact) mass is 331 g/mol. The first-order valence-corrected chi connectivity index (χ1v) is 8.14. The molecule has 0 spiro atoms. The Labute approximate surface area is 122 Å². The summed E-state index contributed by atoms with van der Waals surface area (Å²) in [6.07, 6.45) is 1.25. The van der Waals surface area contributed by atoms with Crippen LogP contribution in [0.2, 0.25) is 0 Å². The molecule has 0 amide bonds. The summed E-state index contributed by atoms with van der Waals surface area (Å²) in [6, 6.07) is 0.907. The fourth-order valence-corrected chi connectivity index (χ4v) is 4.31. The minimum Gasteiger partial charge on any atom is -0.312 e. The van der Waals surface area contributed by atoms with E-state index >= 15 is 0 Å². The lowest BCUT2D eigenvalue weighted by Gasteiger charge is -2.34. The third-order valence-electron chi connectivity index (χ3n) is 3.79. The SMILES string of the molecule is CNC(c1cscc1Br)C1CN(C)CCCN1C. The minimum absolute atomic E-state index is 0.385. The van der Waals surface area contributed by atoms with Gasteiger partial charge in [-0.2, -0.15) is 11.3 Å². The second kappa shape index (κ2) is 6.48. The van der Waals surface area contributed by atoms with E-state index in [2.05, 4.69) is 62.9 Å². The molecule has 0 saturated carbocycles. The molecule has 2 rings (SSSR count). The van der Waals surface area contributed by atoms with Crippen LogP contribution in [-0.4, -0.2) is 56.6 Å². The normalized spacial score (nSPS) is 25.0. The summed E-state index contributed by atoms with van der Waals surface area (Å²) in [4.78, 5) is 4.94. The van der Waals surface area contributed by atoms with Gasteiger partial charge in [0, 0.05) is 22.4 Å². The molecule has 3 nitrogen and oxygen atoms in total. The largest absolute Gasteiger partial charge is 0.312 e. The lowest BCUT2D eigenvalue weighted by Crippen LogP contribution is -2.46. The van der Waals surface area contributed by atoms with Gasteiger partial charge in [-0.1, -0.05) is 0 Å². The molecule has 1 N–H and O–H groups in total. The number of likely N-dealkylation sites (N-methyl/N-ethyl adjacent to an activating group) is 3. The van der Waals surface area contributed by atoms with E-state index in [-0.39, 0.29) is 0 Å². The van der Waals surface area contributed by atoms with Crippen molar-refractivity contribution >= 4 is 27.3 Å². The third kappa shape index (κ3) is 3.14. The van der Waals surface area contributed by atoms with E-state index in [9.17, 15) is 0 Å². The van der Waals surface area contributed by atoms with E-state index in [0.717, 1.165) is 6.54 Å². The standard InChI is InChI=1S/C13H22BrN3S/c1-15-13(10-8-18-9-11(10)14)12-7-16(2)5-4-6-17(12)3/h8-9,12-13,15H,4-7H2,1-3H3. The van der Waals surface area contributed by atoms with Crippen molar-refractivity contribution in [2.75, 3.05) is 40.8 Å². The molecule has 0 aliphatic carbocycles. The quantitative estimate of drug-likeness (QED) is 0.917. The van der Waals surface area contributed by atoms with Gasteiger partial charge >= 0.3 is 0 Å². The van der Waals surface area contributed by atoms with Crippen LogP contribution in [0.1, 0.15) is 18.0 Å². The van der Waals surface area contributed by atoms with Gasteiger partial charge in [0.15, 0.2) is 0 Å². The molecule has 18 heavy (non-hydrogen) atoms. The van der Waals surface area contributed by atoms with Crippen molar-refractivity contribution in [2.24, 2.45) is 0 Å². The first-order chi connectivity index (χ1) is 8.63. The molecule has 5 heteroatoms. The van der Waals surface area contributed by atoms with Gasteiger partial charge in [0.05, 0.1) is 6.04 Å². The molecule has 1 aromatic heterocycles. The summed E-state index contributed by atoms with van der Waals surface area (Å²) in [7, 11) is 6.53. The molecule has 1 fully saturated rings. The number of thiophene rings is 1. The molecule has 0 aromatic carbocycles. The Morgan fingerprint density at radius 2 is 2.17 bits per heavy atom. The number of hydrogen-bond acceptors (Lipinski definition) is 4. The molecule has 1 aliphatic heterocycles. The Kier molecular flexibility index (Phi) is 5.21. The fraction of sp³-hybridized carbons (Fsp3) is 0.692. The summed E-state index contributed by atoms with van der Waals surface area (Å²) in [6.45, 7) is 3.49. The number of nitrogens with zero attached hydrogens (tertiary/aromatic N) is 2. The third-order valence-corrected chi connectivity index (χ3v) is 5.54. The Morgan fingerprint density at radius 1 is 1.39 bits per heavy atom. The van der Waals surface area contributed by atoms with E-state index in [1.54, 1.807) is 11.3 Å². The van der Waals surface area contributed by atoms with Gasteiger partial charge in [0.1, 0.15) is 0 Å². The van der Waals surface area contributed by atoms with Gasteiger partial charge < -0.3 is 15.1 Å². The smallest absolute Gasteiger partial charge is 0.0507 e. The van der Waals surface area contributed by atoms with Crippen molar-refractivity contribution in [2.45, 2.75) is 18.5 Å². The second-order valence-electron chi connectivity index (χ2n) is 5.11. The predicted octanol–water partition coefficient (Wildman–Crippen LogP) is 2.41. The molecule has 0 bridgehead atoms. The molecule has 2 heterocycles. The van der Waals surface area contributed by atoms with E-state index in [1.807, 2.05) is 0 Å². The van der Waals surface area contributed by atoms with Crippen molar-refractivity contribution in [3.63, 3.8) is 0 Å². The lowest BCUT2D eigenvalue weighted by molar-refractivity contribution is 0.182. The van der Waals surface area contributed by atoms with Gasteiger partial charge in [-0.3, -0.25) is 0 Å². The van der Waals surface area contributed by atoms with E-state index in [1.165, 1.54) is 29.5 Å². The Hall–Kier alpha value is 0.0600. The highest BCUT2D eigenvalue weighted by molar-refractivity contribution is 9.10. The summed E-state index contributed by atoms with van der Waals surface area (Å²) in [5.74, 6) is 0. The Balaban J connectivity index is 2.22. The van der Waals surface area contributed by atoms with Crippen molar-refractivity contribution in [3.05, 3.63) is 20.8 Å². The van der Waals surface area contributed by atoms with Crippen LogP contribution in [0.15, 0.2) is 15.2 Å². The maximum Gasteiger partial charge on any atom is 0.0507 e. The predicted molar refractivity (Wildman–Crippen MR) is 82.4 cm³/mol. The molecule has 2 unspecified atom stereocenters. The number of halogens is 1. The maximum absolute atomic E-state index is 3.67. The molecule has 1 aromatic rings. The first-order valence-electron chi connectivity index (χ1n) is 6.41. The van der Waals surface area contributed by atoms with Crippen molar-refractivity contribution in [1.29, 1.82) is 0 Å². The van der Waals surface area contributed by atoms with Crippen LogP contribution < -0.4 is 5.32 Å². The highest BCUT2D eigenvalue weighted by Gasteiger charge is 2.29. The van der Waals surface area contributed by atoms with E-state index < -0.39 is 0 Å². The first kappa shape index (κ1) is 14.5. The molecule has 1 saturated heterocycles. The zero-order chi connectivity index (χ0) is 13.1. The summed E-state index contributed by atoms with van der Waals surface area (Å²) in [5, 5.41) is 7.92. The zero-order valence-corrected chi connectivity index (χ0v) is 13.7. The van der Waals surface area contributed by atoms with Crippen LogP contribution in [0.5, 0.6) is 0 Å². The zero-order valence-electron chi connectivity index (χ0n) is 11.3. The Bertz CT molecular complexity index is 382. The molecular weight excluding hydrogens is 310 g/mol. The van der Waals surface area contributed by atoms with Gasteiger partial charge in [-0.05, 0) is 67.5 Å². The van der Waals surface area contributed by atoms with Crippen LogP contribution in [0.3, 0.4) is 0 Å². The van der Waals surface area contributed by atoms with Crippen LogP contribution in [0.4, 0.5) is 0 Å². The summed E-state index contributed by atoms with van der Waals surface area (Å²) >= 11 is 5.43. The maximum atomic E-state index is 3.67. The van der Waals surface area contributed by atoms with Crippen molar-refractivity contribution < 1.29 is 0 Å². The van der Waals surface area contributed by atoms with Crippen LogP contribution in [0, 0.1) is 0 Å². The van der Waals surface area contributed by atoms with E-state index in [4.69, 9.17) is 0 Å². The highest BCUT2D eigenvalue weighted by atomic mass is 79.9. The molecule has 102 valence electrons. The van der Waals surface area contributed by atoms with E-state index in [0.29, 0.717) is 12.1 Å². The Morgan fingerprint density at radius 3 is 2.78 bits per heavy atom. The van der Waals surface area contributed by atoms with Crippen LogP contribution in [0.25, 0.3) is 0 Å². The fourth-order valence-electron chi connectivity index (χ4n) is 2.73. The number of rotatable bonds is 3. The minimum atomic E-state index is 0.385. The molecule has 1 aliphatic rings. The summed E-state index contributed by atoms with van der Waals surface area (Å²) in [5.41, 5.74) is 1.38. The second-order valence-corrected chi connectivity index (χ2v) is 6.70. The molecule has 2 atom stereocenters. The number of nitrogens with one attached hydrogen (secondary N) is 1. The summed E-state index contributed by atoms with van der Waals surface area (Å²) < 4.78 is 1.23. The van der Waals surface area contributed by atoms with Gasteiger partial charge in [0.2, 0.25) is 0 Å². The van der Waals surface area contributed by atoms with Gasteiger partial charge in [-0.15, -0.1) is 0 Å². The average Bonchev–Trinajstić information content (AvgIpc) is 2.67. The molecule has 0 radical (unpaired) electrons. The van der Waals surface area contributed by atoms with Gasteiger partial charge in [-0.25, -0.2) is 0 Å². The van der Waals surface area contributed by atoms with Crippen LogP contribution >= 0.6 is 27.3 Å². The highest BCUT2D eigenvalue weighted by Crippen LogP contribution is 2.31. The van der Waals surface area contributed by atoms with Crippen molar-refractivity contribution in [1.82, 2.24) is 15.1 Å². The number of hydrogen-bond donors (Lipinski definition) is 1. The van der Waals surface area contributed by atoms with Gasteiger partial charge in [0.25, 0.3) is 0 Å². The topological polar surface area (TPSA) is 18.5 Å².